The third-order valence-electron chi connectivity index (χ3n) is 5.23. The van der Waals surface area contributed by atoms with E-state index in [1.54, 1.807) is 36.4 Å². The molecule has 1 saturated carbocycles. The molecule has 1 fully saturated rings. The lowest BCUT2D eigenvalue weighted by Crippen LogP contribution is -2.38. The first kappa shape index (κ1) is 24.8. The number of carbonyl (C=O) groups excluding carboxylic acids is 2. The normalized spacial score (nSPS) is 18.0. The molecule has 32 heavy (non-hydrogen) atoms. The van der Waals surface area contributed by atoms with Crippen LogP contribution >= 0.6 is 46.4 Å². The van der Waals surface area contributed by atoms with Gasteiger partial charge in [-0.25, -0.2) is 9.59 Å². The number of hydrogen-bond acceptors (Lipinski definition) is 2. The molecule has 0 bridgehead atoms. The highest BCUT2D eigenvalue weighted by Gasteiger charge is 2.23. The Morgan fingerprint density at radius 2 is 1.06 bits per heavy atom. The largest absolute Gasteiger partial charge is 0.338 e. The molecule has 2 aromatic rings. The van der Waals surface area contributed by atoms with Gasteiger partial charge in [-0.15, -0.1) is 0 Å². The summed E-state index contributed by atoms with van der Waals surface area (Å²) in [5.41, 5.74) is 1.08. The lowest BCUT2D eigenvalue weighted by molar-refractivity contribution is 0.230. The van der Waals surface area contributed by atoms with Crippen LogP contribution < -0.4 is 21.3 Å². The fourth-order valence-electron chi connectivity index (χ4n) is 3.85. The van der Waals surface area contributed by atoms with E-state index in [1.165, 1.54) is 0 Å². The molecule has 2 aromatic carbocycles. The molecule has 0 radical (unpaired) electrons. The molecule has 0 aromatic heterocycles. The first-order chi connectivity index (χ1) is 15.3. The summed E-state index contributed by atoms with van der Waals surface area (Å²) in [6, 6.07) is 9.15. The van der Waals surface area contributed by atoms with E-state index in [9.17, 15) is 9.59 Å². The van der Waals surface area contributed by atoms with E-state index in [4.69, 9.17) is 46.4 Å². The third-order valence-corrected chi connectivity index (χ3v) is 6.11. The summed E-state index contributed by atoms with van der Waals surface area (Å²) in [6.45, 7) is 1.12. The molecule has 6 nitrogen and oxygen atoms in total. The molecule has 3 rings (SSSR count). The Balaban J connectivity index is 1.39. The van der Waals surface area contributed by atoms with Crippen molar-refractivity contribution in [2.75, 3.05) is 23.7 Å². The monoisotopic (exact) mass is 516 g/mol. The zero-order valence-electron chi connectivity index (χ0n) is 17.2. The first-order valence-corrected chi connectivity index (χ1v) is 11.8. The standard InChI is InChI=1S/C22H24Cl4N4O2/c23-15-5-16(24)8-19(7-15)29-21(31)27-11-13-2-1-3-14(4-13)12-28-22(32)30-20-9-17(25)6-18(26)10-20/h5-10,13-14H,1-4,11-12H2,(H2,27,29,31)(H2,28,30,32). The topological polar surface area (TPSA) is 82.3 Å². The molecule has 172 valence electrons. The fraction of sp³-hybridized carbons (Fsp3) is 0.364. The Hall–Kier alpha value is -1.86. The maximum absolute atomic E-state index is 12.2. The minimum Gasteiger partial charge on any atom is -0.338 e. The van der Waals surface area contributed by atoms with E-state index in [1.807, 2.05) is 0 Å². The highest BCUT2D eigenvalue weighted by Crippen LogP contribution is 2.28. The predicted molar refractivity (Wildman–Crippen MR) is 132 cm³/mol. The summed E-state index contributed by atoms with van der Waals surface area (Å²) in [5, 5.41) is 13.1. The van der Waals surface area contributed by atoms with Gasteiger partial charge >= 0.3 is 12.1 Å². The molecule has 4 amide bonds. The number of nitrogens with one attached hydrogen (secondary N) is 4. The average molecular weight is 518 g/mol. The highest BCUT2D eigenvalue weighted by atomic mass is 35.5. The highest BCUT2D eigenvalue weighted by molar-refractivity contribution is 6.35. The Morgan fingerprint density at radius 1 is 0.688 bits per heavy atom. The van der Waals surface area contributed by atoms with Crippen LogP contribution in [0.2, 0.25) is 20.1 Å². The lowest BCUT2D eigenvalue weighted by atomic mass is 9.81. The van der Waals surface area contributed by atoms with Crippen molar-refractivity contribution >= 4 is 69.8 Å². The number of hydrogen-bond donors (Lipinski definition) is 4. The number of amides is 4. The summed E-state index contributed by atoms with van der Waals surface area (Å²) < 4.78 is 0. The van der Waals surface area contributed by atoms with Crippen molar-refractivity contribution in [2.45, 2.75) is 25.7 Å². The van der Waals surface area contributed by atoms with Crippen LogP contribution in [0.4, 0.5) is 21.0 Å². The third kappa shape index (κ3) is 8.24. The van der Waals surface area contributed by atoms with Crippen LogP contribution in [0.1, 0.15) is 25.7 Å². The van der Waals surface area contributed by atoms with Crippen molar-refractivity contribution in [1.29, 1.82) is 0 Å². The van der Waals surface area contributed by atoms with Crippen molar-refractivity contribution in [3.05, 3.63) is 56.5 Å². The van der Waals surface area contributed by atoms with Crippen LogP contribution in [-0.2, 0) is 0 Å². The van der Waals surface area contributed by atoms with Gasteiger partial charge in [0.05, 0.1) is 0 Å². The van der Waals surface area contributed by atoms with Gasteiger partial charge in [-0.1, -0.05) is 52.8 Å². The summed E-state index contributed by atoms with van der Waals surface area (Å²) in [6.07, 6.45) is 4.04. The maximum atomic E-state index is 12.2. The van der Waals surface area contributed by atoms with E-state index < -0.39 is 0 Å². The quantitative estimate of drug-likeness (QED) is 0.331. The molecule has 0 spiro atoms. The number of anilines is 2. The van der Waals surface area contributed by atoms with Gasteiger partial charge in [-0.3, -0.25) is 0 Å². The molecule has 0 aliphatic heterocycles. The molecule has 2 unspecified atom stereocenters. The Labute approximate surface area is 207 Å². The van der Waals surface area contributed by atoms with Gasteiger partial charge in [-0.2, -0.15) is 0 Å². The van der Waals surface area contributed by atoms with Crippen LogP contribution in [-0.4, -0.2) is 25.2 Å². The summed E-state index contributed by atoms with van der Waals surface area (Å²) in [4.78, 5) is 24.4. The number of urea groups is 2. The fourth-order valence-corrected chi connectivity index (χ4v) is 4.90. The minimum atomic E-state index is -0.303. The second-order valence-corrected chi connectivity index (χ2v) is 9.63. The number of benzene rings is 2. The molecule has 0 saturated heterocycles. The van der Waals surface area contributed by atoms with Crippen LogP contribution in [0.5, 0.6) is 0 Å². The van der Waals surface area contributed by atoms with Gasteiger partial charge in [0.1, 0.15) is 0 Å². The molecular formula is C22H24Cl4N4O2. The molecule has 1 aliphatic carbocycles. The van der Waals surface area contributed by atoms with E-state index in [0.29, 0.717) is 56.4 Å². The minimum absolute atomic E-state index is 0.303. The molecule has 1 aliphatic rings. The van der Waals surface area contributed by atoms with Crippen molar-refractivity contribution in [3.8, 4) is 0 Å². The van der Waals surface area contributed by atoms with Gasteiger partial charge in [0, 0.05) is 44.6 Å². The van der Waals surface area contributed by atoms with E-state index in [-0.39, 0.29) is 12.1 Å². The van der Waals surface area contributed by atoms with Crippen LogP contribution in [0.25, 0.3) is 0 Å². The Bertz CT molecular complexity index is 857. The number of rotatable bonds is 6. The van der Waals surface area contributed by atoms with Gasteiger partial charge in [0.15, 0.2) is 0 Å². The van der Waals surface area contributed by atoms with Crippen molar-refractivity contribution in [1.82, 2.24) is 10.6 Å². The summed E-state index contributed by atoms with van der Waals surface area (Å²) >= 11 is 23.8. The number of carbonyl (C=O) groups is 2. The molecule has 2 atom stereocenters. The van der Waals surface area contributed by atoms with E-state index in [2.05, 4.69) is 21.3 Å². The molecule has 0 heterocycles. The zero-order valence-corrected chi connectivity index (χ0v) is 20.2. The molecule has 10 heteroatoms. The summed E-state index contributed by atoms with van der Waals surface area (Å²) in [7, 11) is 0. The lowest BCUT2D eigenvalue weighted by Gasteiger charge is -2.29. The van der Waals surface area contributed by atoms with Gasteiger partial charge in [0.2, 0.25) is 0 Å². The SMILES string of the molecule is O=C(NCC1CCCC(CNC(=O)Nc2cc(Cl)cc(Cl)c2)C1)Nc1cc(Cl)cc(Cl)c1. The first-order valence-electron chi connectivity index (χ1n) is 10.3. The van der Waals surface area contributed by atoms with Gasteiger partial charge in [0.25, 0.3) is 0 Å². The van der Waals surface area contributed by atoms with E-state index >= 15 is 0 Å². The molecular weight excluding hydrogens is 494 g/mol. The summed E-state index contributed by atoms with van der Waals surface area (Å²) in [5.74, 6) is 0.693. The Kier molecular flexibility index (Phi) is 9.17. The van der Waals surface area contributed by atoms with E-state index in [0.717, 1.165) is 25.7 Å². The van der Waals surface area contributed by atoms with Crippen molar-refractivity contribution in [3.63, 3.8) is 0 Å². The second kappa shape index (κ2) is 11.8. The maximum Gasteiger partial charge on any atom is 0.319 e. The Morgan fingerprint density at radius 3 is 1.44 bits per heavy atom. The zero-order chi connectivity index (χ0) is 23.1. The van der Waals surface area contributed by atoms with Crippen molar-refractivity contribution < 1.29 is 9.59 Å². The smallest absolute Gasteiger partial charge is 0.319 e. The van der Waals surface area contributed by atoms with Crippen LogP contribution in [0.3, 0.4) is 0 Å². The predicted octanol–water partition coefficient (Wildman–Crippen LogP) is 7.05. The van der Waals surface area contributed by atoms with Crippen LogP contribution in [0, 0.1) is 11.8 Å². The van der Waals surface area contributed by atoms with Gasteiger partial charge < -0.3 is 21.3 Å². The van der Waals surface area contributed by atoms with Crippen molar-refractivity contribution in [2.24, 2.45) is 11.8 Å². The molecule has 4 N–H and O–H groups in total. The number of halogens is 4. The van der Waals surface area contributed by atoms with Crippen LogP contribution in [0.15, 0.2) is 36.4 Å². The van der Waals surface area contributed by atoms with Gasteiger partial charge in [-0.05, 0) is 67.5 Å². The second-order valence-electron chi connectivity index (χ2n) is 7.88. The average Bonchev–Trinajstić information content (AvgIpc) is 2.69.